The van der Waals surface area contributed by atoms with E-state index in [0.29, 0.717) is 0 Å². The Morgan fingerprint density at radius 1 is 1.21 bits per heavy atom. The van der Waals surface area contributed by atoms with Gasteiger partial charge in [-0.15, -0.1) is 6.58 Å². The zero-order chi connectivity index (χ0) is 11.0. The minimum Gasteiger partial charge on any atom is -0.401 e. The van der Waals surface area contributed by atoms with E-state index in [0.717, 1.165) is 0 Å². The summed E-state index contributed by atoms with van der Waals surface area (Å²) >= 11 is 0. The molecule has 1 rings (SSSR count). The maximum absolute atomic E-state index is 5.79. The lowest BCUT2D eigenvalue weighted by molar-refractivity contribution is 0.00578. The molecule has 1 fully saturated rings. The Morgan fingerprint density at radius 3 is 1.93 bits per heavy atom. The molecule has 0 aromatic carbocycles. The molecule has 0 spiro atoms. The van der Waals surface area contributed by atoms with Crippen molar-refractivity contribution >= 4 is 7.12 Å². The van der Waals surface area contributed by atoms with E-state index in [1.807, 2.05) is 27.7 Å². The molecular weight excluding hydrogens is 179 g/mol. The Balaban J connectivity index is 2.76. The van der Waals surface area contributed by atoms with Crippen molar-refractivity contribution in [3.05, 3.63) is 12.7 Å². The first-order valence-electron chi connectivity index (χ1n) is 4.85. The molecule has 0 radical (unpaired) electrons. The van der Waals surface area contributed by atoms with Gasteiger partial charge >= 0.3 is 7.12 Å². The van der Waals surface area contributed by atoms with Crippen LogP contribution in [0.25, 0.3) is 0 Å². The summed E-state index contributed by atoms with van der Waals surface area (Å²) in [6, 6.07) is -0.212. The van der Waals surface area contributed by atoms with Crippen molar-refractivity contribution in [2.45, 2.75) is 44.9 Å². The molecule has 14 heavy (non-hydrogen) atoms. The van der Waals surface area contributed by atoms with Crippen LogP contribution in [0.3, 0.4) is 0 Å². The van der Waals surface area contributed by atoms with Crippen molar-refractivity contribution < 1.29 is 14.0 Å². The summed E-state index contributed by atoms with van der Waals surface area (Å²) in [4.78, 5) is 0. The molecular formula is C10H19BO3. The molecule has 1 aliphatic heterocycles. The second kappa shape index (κ2) is 3.68. The Morgan fingerprint density at radius 2 is 1.64 bits per heavy atom. The summed E-state index contributed by atoms with van der Waals surface area (Å²) in [5.74, 6) is 0. The molecule has 0 aromatic heterocycles. The molecule has 0 saturated carbocycles. The average Bonchev–Trinajstić information content (AvgIpc) is 2.23. The van der Waals surface area contributed by atoms with Crippen molar-refractivity contribution in [3.63, 3.8) is 0 Å². The van der Waals surface area contributed by atoms with Gasteiger partial charge in [0.25, 0.3) is 0 Å². The van der Waals surface area contributed by atoms with Gasteiger partial charge in [0.2, 0.25) is 0 Å². The molecule has 3 nitrogen and oxygen atoms in total. The summed E-state index contributed by atoms with van der Waals surface area (Å²) in [5.41, 5.74) is -0.616. The zero-order valence-corrected chi connectivity index (χ0v) is 9.66. The van der Waals surface area contributed by atoms with Gasteiger partial charge in [-0.25, -0.2) is 0 Å². The Labute approximate surface area is 86.6 Å². The number of rotatable bonds is 3. The van der Waals surface area contributed by atoms with E-state index in [2.05, 4.69) is 6.58 Å². The van der Waals surface area contributed by atoms with Crippen LogP contribution in [0.2, 0.25) is 0 Å². The molecule has 0 amide bonds. The van der Waals surface area contributed by atoms with Crippen LogP contribution in [0.4, 0.5) is 0 Å². The highest BCUT2D eigenvalue weighted by atomic mass is 16.7. The molecule has 1 unspecified atom stereocenters. The maximum Gasteiger partial charge on any atom is 0.493 e. The van der Waals surface area contributed by atoms with Crippen LogP contribution in [0.15, 0.2) is 12.7 Å². The summed E-state index contributed by atoms with van der Waals surface area (Å²) in [7, 11) is 1.26. The van der Waals surface area contributed by atoms with Gasteiger partial charge in [-0.1, -0.05) is 6.08 Å². The van der Waals surface area contributed by atoms with Gasteiger partial charge in [-0.2, -0.15) is 0 Å². The molecule has 0 bridgehead atoms. The smallest absolute Gasteiger partial charge is 0.401 e. The SMILES string of the molecule is C=CC(OC)B1OC(C)(C)C(C)(C)O1. The second-order valence-corrected chi connectivity index (χ2v) is 4.56. The third-order valence-electron chi connectivity index (χ3n) is 3.04. The van der Waals surface area contributed by atoms with E-state index in [4.69, 9.17) is 14.0 Å². The standard InChI is InChI=1S/C10H19BO3/c1-7-8(12-6)11-13-9(2,3)10(4,5)14-11/h7-8H,1H2,2-6H3. The van der Waals surface area contributed by atoms with Gasteiger partial charge in [-0.3, -0.25) is 0 Å². The largest absolute Gasteiger partial charge is 0.493 e. The monoisotopic (exact) mass is 198 g/mol. The van der Waals surface area contributed by atoms with E-state index in [1.54, 1.807) is 13.2 Å². The van der Waals surface area contributed by atoms with Crippen LogP contribution >= 0.6 is 0 Å². The van der Waals surface area contributed by atoms with E-state index >= 15 is 0 Å². The van der Waals surface area contributed by atoms with E-state index in [9.17, 15) is 0 Å². The predicted octanol–water partition coefficient (Wildman–Crippen LogP) is 1.82. The van der Waals surface area contributed by atoms with Crippen molar-refractivity contribution in [3.8, 4) is 0 Å². The number of hydrogen-bond donors (Lipinski definition) is 0. The van der Waals surface area contributed by atoms with Crippen LogP contribution in [-0.2, 0) is 14.0 Å². The van der Waals surface area contributed by atoms with Gasteiger partial charge in [0, 0.05) is 7.11 Å². The van der Waals surface area contributed by atoms with Gasteiger partial charge in [0.05, 0.1) is 11.2 Å². The molecule has 0 aromatic rings. The molecule has 1 atom stereocenters. The Bertz CT molecular complexity index is 209. The lowest BCUT2D eigenvalue weighted by Crippen LogP contribution is -2.41. The highest BCUT2D eigenvalue weighted by Crippen LogP contribution is 2.37. The molecule has 4 heteroatoms. The quantitative estimate of drug-likeness (QED) is 0.511. The Hall–Kier alpha value is -0.315. The molecule has 0 aliphatic carbocycles. The first-order chi connectivity index (χ1) is 6.34. The van der Waals surface area contributed by atoms with Crippen molar-refractivity contribution in [2.75, 3.05) is 7.11 Å². The van der Waals surface area contributed by atoms with Crippen LogP contribution in [0.5, 0.6) is 0 Å². The first kappa shape index (κ1) is 11.8. The van der Waals surface area contributed by atoms with Gasteiger partial charge in [0.15, 0.2) is 0 Å². The molecule has 80 valence electrons. The number of hydrogen-bond acceptors (Lipinski definition) is 3. The maximum atomic E-state index is 5.79. The van der Waals surface area contributed by atoms with Crippen LogP contribution < -0.4 is 0 Å². The summed E-state index contributed by atoms with van der Waals surface area (Å²) in [5, 5.41) is 0. The minimum atomic E-state index is -0.359. The normalized spacial score (nSPS) is 26.2. The van der Waals surface area contributed by atoms with Gasteiger partial charge in [-0.05, 0) is 27.7 Å². The third kappa shape index (κ3) is 1.87. The third-order valence-corrected chi connectivity index (χ3v) is 3.04. The molecule has 0 N–H and O–H groups in total. The second-order valence-electron chi connectivity index (χ2n) is 4.56. The fraction of sp³-hybridized carbons (Fsp3) is 0.800. The lowest BCUT2D eigenvalue weighted by Gasteiger charge is -2.32. The van der Waals surface area contributed by atoms with Gasteiger partial charge < -0.3 is 14.0 Å². The fourth-order valence-corrected chi connectivity index (χ4v) is 1.34. The van der Waals surface area contributed by atoms with Crippen LogP contribution in [0.1, 0.15) is 27.7 Å². The van der Waals surface area contributed by atoms with Crippen molar-refractivity contribution in [2.24, 2.45) is 0 Å². The van der Waals surface area contributed by atoms with E-state index in [1.165, 1.54) is 0 Å². The molecule has 1 saturated heterocycles. The number of methoxy groups -OCH3 is 1. The lowest BCUT2D eigenvalue weighted by atomic mass is 9.81. The molecule has 1 heterocycles. The van der Waals surface area contributed by atoms with Gasteiger partial charge in [0.1, 0.15) is 6.00 Å². The zero-order valence-electron chi connectivity index (χ0n) is 9.66. The first-order valence-corrected chi connectivity index (χ1v) is 4.85. The minimum absolute atomic E-state index is 0.212. The van der Waals surface area contributed by atoms with Crippen LogP contribution in [0, 0.1) is 0 Å². The predicted molar refractivity (Wildman–Crippen MR) is 57.1 cm³/mol. The topological polar surface area (TPSA) is 27.7 Å². The summed E-state index contributed by atoms with van der Waals surface area (Å²) < 4.78 is 16.8. The van der Waals surface area contributed by atoms with Crippen molar-refractivity contribution in [1.29, 1.82) is 0 Å². The Kier molecular flexibility index (Phi) is 3.09. The molecule has 1 aliphatic rings. The fourth-order valence-electron chi connectivity index (χ4n) is 1.34. The average molecular weight is 198 g/mol. The highest BCUT2D eigenvalue weighted by molar-refractivity contribution is 6.47. The summed E-state index contributed by atoms with van der Waals surface area (Å²) in [6.07, 6.45) is 1.70. The van der Waals surface area contributed by atoms with E-state index in [-0.39, 0.29) is 24.3 Å². The highest BCUT2D eigenvalue weighted by Gasteiger charge is 2.53. The summed E-state index contributed by atoms with van der Waals surface area (Å²) in [6.45, 7) is 11.8. The van der Waals surface area contributed by atoms with Crippen LogP contribution in [-0.4, -0.2) is 31.4 Å². The van der Waals surface area contributed by atoms with Crippen molar-refractivity contribution in [1.82, 2.24) is 0 Å². The van der Waals surface area contributed by atoms with E-state index < -0.39 is 0 Å². The number of ether oxygens (including phenoxy) is 1.